The maximum absolute atomic E-state index is 12.3. The summed E-state index contributed by atoms with van der Waals surface area (Å²) in [6, 6.07) is 0.144. The summed E-state index contributed by atoms with van der Waals surface area (Å²) in [7, 11) is 0. The lowest BCUT2D eigenvalue weighted by molar-refractivity contribution is -0.133. The Labute approximate surface area is 163 Å². The van der Waals surface area contributed by atoms with Crippen LogP contribution in [0.25, 0.3) is 0 Å². The summed E-state index contributed by atoms with van der Waals surface area (Å²) in [6.07, 6.45) is 0.574. The minimum absolute atomic E-state index is 0.00715. The van der Waals surface area contributed by atoms with Crippen LogP contribution in [0.5, 0.6) is 0 Å². The van der Waals surface area contributed by atoms with Gasteiger partial charge in [-0.05, 0) is 19.3 Å². The number of rotatable bonds is 6. The van der Waals surface area contributed by atoms with Crippen LogP contribution in [-0.2, 0) is 9.59 Å². The Hall–Kier alpha value is -1.35. The Morgan fingerprint density at radius 1 is 1.19 bits per heavy atom. The van der Waals surface area contributed by atoms with E-state index in [1.807, 2.05) is 18.7 Å². The number of anilines is 1. The lowest BCUT2D eigenvalue weighted by Gasteiger charge is -2.35. The summed E-state index contributed by atoms with van der Waals surface area (Å²) >= 11 is 2.91. The highest BCUT2D eigenvalue weighted by molar-refractivity contribution is 8.01. The average molecular weight is 400 g/mol. The Kier molecular flexibility index (Phi) is 7.28. The predicted molar refractivity (Wildman–Crippen MR) is 107 cm³/mol. The smallest absolute Gasteiger partial charge is 0.230 e. The van der Waals surface area contributed by atoms with Crippen molar-refractivity contribution in [3.8, 4) is 0 Å². The van der Waals surface area contributed by atoms with Gasteiger partial charge in [-0.2, -0.15) is 0 Å². The Morgan fingerprint density at radius 2 is 1.85 bits per heavy atom. The van der Waals surface area contributed by atoms with Gasteiger partial charge in [0.25, 0.3) is 0 Å². The highest BCUT2D eigenvalue weighted by Crippen LogP contribution is 2.29. The van der Waals surface area contributed by atoms with Gasteiger partial charge in [-0.3, -0.25) is 9.59 Å². The number of carbonyl (C=O) groups is 2. The van der Waals surface area contributed by atoms with Gasteiger partial charge in [0.05, 0.1) is 5.75 Å². The first-order valence-electron chi connectivity index (χ1n) is 8.92. The number of aromatic nitrogens is 2. The predicted octanol–water partition coefficient (Wildman–Crippen LogP) is 2.24. The van der Waals surface area contributed by atoms with Crippen LogP contribution < -0.4 is 10.2 Å². The molecule has 0 atom stereocenters. The second-order valence-corrected chi connectivity index (χ2v) is 10.1. The molecule has 2 rings (SSSR count). The molecule has 9 heteroatoms. The molecule has 0 aromatic carbocycles. The van der Waals surface area contributed by atoms with E-state index in [0.717, 1.165) is 22.6 Å². The molecule has 0 aliphatic carbocycles. The second kappa shape index (κ2) is 9.03. The van der Waals surface area contributed by atoms with Gasteiger partial charge in [-0.25, -0.2) is 0 Å². The van der Waals surface area contributed by atoms with Crippen LogP contribution in [0.15, 0.2) is 4.34 Å². The zero-order valence-corrected chi connectivity index (χ0v) is 17.9. The molecular weight excluding hydrogens is 370 g/mol. The van der Waals surface area contributed by atoms with E-state index in [1.165, 1.54) is 23.1 Å². The zero-order valence-electron chi connectivity index (χ0n) is 16.2. The molecule has 1 N–H and O–H groups in total. The van der Waals surface area contributed by atoms with E-state index in [0.29, 0.717) is 25.3 Å². The Morgan fingerprint density at radius 3 is 2.42 bits per heavy atom. The molecule has 1 aromatic rings. The van der Waals surface area contributed by atoms with Crippen LogP contribution in [0, 0.1) is 5.41 Å². The fourth-order valence-corrected chi connectivity index (χ4v) is 4.30. The van der Waals surface area contributed by atoms with Crippen molar-refractivity contribution >= 4 is 40.0 Å². The first-order valence-corrected chi connectivity index (χ1v) is 10.7. The van der Waals surface area contributed by atoms with Crippen molar-refractivity contribution in [1.82, 2.24) is 20.4 Å². The van der Waals surface area contributed by atoms with Crippen molar-refractivity contribution < 1.29 is 9.59 Å². The lowest BCUT2D eigenvalue weighted by atomic mass is 9.91. The number of amides is 2. The minimum atomic E-state index is 0.00715. The Bertz CT molecular complexity index is 619. The standard InChI is InChI=1S/C17H29N5O2S2/c1-12(2)18-13(23)11-25-16-20-19-15(26-16)22-8-6-21(7-9-22)14(24)10-17(3,4)5/h12H,6-11H2,1-5H3,(H,18,23). The number of nitrogens with zero attached hydrogens (tertiary/aromatic N) is 4. The molecule has 1 aliphatic rings. The molecule has 146 valence electrons. The van der Waals surface area contributed by atoms with E-state index < -0.39 is 0 Å². The fraction of sp³-hybridized carbons (Fsp3) is 0.765. The van der Waals surface area contributed by atoms with Crippen molar-refractivity contribution in [3.05, 3.63) is 0 Å². The average Bonchev–Trinajstić information content (AvgIpc) is 3.00. The van der Waals surface area contributed by atoms with Crippen molar-refractivity contribution in [2.24, 2.45) is 5.41 Å². The van der Waals surface area contributed by atoms with Crippen LogP contribution in [0.3, 0.4) is 0 Å². The van der Waals surface area contributed by atoms with Gasteiger partial charge in [0, 0.05) is 38.6 Å². The summed E-state index contributed by atoms with van der Waals surface area (Å²) in [6.45, 7) is 13.1. The highest BCUT2D eigenvalue weighted by atomic mass is 32.2. The third-order valence-corrected chi connectivity index (χ3v) is 5.87. The van der Waals surface area contributed by atoms with Crippen LogP contribution >= 0.6 is 23.1 Å². The van der Waals surface area contributed by atoms with Crippen LogP contribution in [-0.4, -0.2) is 64.9 Å². The van der Waals surface area contributed by atoms with Crippen molar-refractivity contribution in [2.75, 3.05) is 36.8 Å². The summed E-state index contributed by atoms with van der Waals surface area (Å²) in [5, 5.41) is 12.1. The number of carbonyl (C=O) groups excluding carboxylic acids is 2. The lowest BCUT2D eigenvalue weighted by Crippen LogP contribution is -2.49. The number of piperazine rings is 1. The summed E-state index contributed by atoms with van der Waals surface area (Å²) in [5.41, 5.74) is 0.0153. The number of hydrogen-bond acceptors (Lipinski definition) is 7. The largest absolute Gasteiger partial charge is 0.353 e. The number of thioether (sulfide) groups is 1. The van der Waals surface area contributed by atoms with Gasteiger partial charge in [-0.1, -0.05) is 43.9 Å². The molecule has 1 saturated heterocycles. The van der Waals surface area contributed by atoms with E-state index in [2.05, 4.69) is 41.2 Å². The van der Waals surface area contributed by atoms with Crippen LogP contribution in [0.2, 0.25) is 0 Å². The molecule has 0 bridgehead atoms. The van der Waals surface area contributed by atoms with Crippen molar-refractivity contribution in [1.29, 1.82) is 0 Å². The second-order valence-electron chi connectivity index (χ2n) is 7.97. The molecule has 0 unspecified atom stereocenters. The van der Waals surface area contributed by atoms with Gasteiger partial charge in [0.15, 0.2) is 4.34 Å². The van der Waals surface area contributed by atoms with E-state index >= 15 is 0 Å². The van der Waals surface area contributed by atoms with E-state index in [1.54, 1.807) is 0 Å². The first-order chi connectivity index (χ1) is 12.1. The summed E-state index contributed by atoms with van der Waals surface area (Å²) in [5.74, 6) is 0.580. The Balaban J connectivity index is 1.80. The van der Waals surface area contributed by atoms with E-state index in [9.17, 15) is 9.59 Å². The van der Waals surface area contributed by atoms with E-state index in [4.69, 9.17) is 0 Å². The molecule has 26 heavy (non-hydrogen) atoms. The maximum atomic E-state index is 12.3. The van der Waals surface area contributed by atoms with Crippen LogP contribution in [0.1, 0.15) is 41.0 Å². The third-order valence-electron chi connectivity index (χ3n) is 3.76. The monoisotopic (exact) mass is 399 g/mol. The van der Waals surface area contributed by atoms with Gasteiger partial charge in [0.2, 0.25) is 16.9 Å². The quantitative estimate of drug-likeness (QED) is 0.739. The normalized spacial score (nSPS) is 15.5. The molecule has 1 aromatic heterocycles. The first kappa shape index (κ1) is 21.0. The van der Waals surface area contributed by atoms with Gasteiger partial charge in [0.1, 0.15) is 0 Å². The van der Waals surface area contributed by atoms with Crippen molar-refractivity contribution in [3.63, 3.8) is 0 Å². The molecule has 2 heterocycles. The number of hydrogen-bond donors (Lipinski definition) is 1. The summed E-state index contributed by atoms with van der Waals surface area (Å²) in [4.78, 5) is 28.1. The molecule has 1 aliphatic heterocycles. The number of nitrogens with one attached hydrogen (secondary N) is 1. The molecule has 0 saturated carbocycles. The SMILES string of the molecule is CC(C)NC(=O)CSc1nnc(N2CCN(C(=O)CC(C)(C)C)CC2)s1. The maximum Gasteiger partial charge on any atom is 0.230 e. The molecule has 7 nitrogen and oxygen atoms in total. The van der Waals surface area contributed by atoms with Gasteiger partial charge >= 0.3 is 0 Å². The summed E-state index contributed by atoms with van der Waals surface area (Å²) < 4.78 is 0.796. The minimum Gasteiger partial charge on any atom is -0.353 e. The molecule has 0 spiro atoms. The molecular formula is C17H29N5O2S2. The van der Waals surface area contributed by atoms with Crippen LogP contribution in [0.4, 0.5) is 5.13 Å². The molecule has 2 amide bonds. The highest BCUT2D eigenvalue weighted by Gasteiger charge is 2.26. The third kappa shape index (κ3) is 6.75. The molecule has 0 radical (unpaired) electrons. The zero-order chi connectivity index (χ0) is 19.3. The molecule has 1 fully saturated rings. The van der Waals surface area contributed by atoms with E-state index in [-0.39, 0.29) is 23.3 Å². The van der Waals surface area contributed by atoms with Gasteiger partial charge in [-0.15, -0.1) is 10.2 Å². The topological polar surface area (TPSA) is 78.4 Å². The van der Waals surface area contributed by atoms with Gasteiger partial charge < -0.3 is 15.1 Å². The van der Waals surface area contributed by atoms with Crippen molar-refractivity contribution in [2.45, 2.75) is 51.4 Å². The fourth-order valence-electron chi connectivity index (χ4n) is 2.59.